The third-order valence-corrected chi connectivity index (χ3v) is 3.37. The number of nitrogens with zero attached hydrogens (tertiary/aromatic N) is 1. The Labute approximate surface area is 139 Å². The number of hydrogen-bond donors (Lipinski definition) is 1. The predicted molar refractivity (Wildman–Crippen MR) is 89.6 cm³/mol. The van der Waals surface area contributed by atoms with Gasteiger partial charge < -0.3 is 14.8 Å². The molecule has 2 aromatic rings. The first-order valence-electron chi connectivity index (χ1n) is 7.37. The van der Waals surface area contributed by atoms with E-state index in [0.29, 0.717) is 11.4 Å². The quantitative estimate of drug-likeness (QED) is 0.622. The van der Waals surface area contributed by atoms with Crippen LogP contribution in [-0.2, 0) is 11.2 Å². The molecule has 0 spiro atoms. The number of carbonyl (C=O) groups excluding carboxylic acids is 1. The lowest BCUT2D eigenvalue weighted by molar-refractivity contribution is -0.385. The zero-order chi connectivity index (χ0) is 17.5. The Balaban J connectivity index is 1.99. The average molecular weight is 330 g/mol. The van der Waals surface area contributed by atoms with Crippen LogP contribution in [0.3, 0.4) is 0 Å². The second-order valence-corrected chi connectivity index (χ2v) is 4.98. The highest BCUT2D eigenvalue weighted by Gasteiger charge is 2.17. The van der Waals surface area contributed by atoms with E-state index in [9.17, 15) is 14.9 Å². The number of amides is 1. The van der Waals surface area contributed by atoms with Gasteiger partial charge in [0.25, 0.3) is 5.91 Å². The van der Waals surface area contributed by atoms with Gasteiger partial charge in [-0.25, -0.2) is 0 Å². The molecule has 0 heterocycles. The highest BCUT2D eigenvalue weighted by Crippen LogP contribution is 2.30. The maximum atomic E-state index is 11.9. The summed E-state index contributed by atoms with van der Waals surface area (Å²) in [5.41, 5.74) is 1.55. The Morgan fingerprint density at radius 1 is 1.21 bits per heavy atom. The van der Waals surface area contributed by atoms with Crippen LogP contribution in [0.15, 0.2) is 42.5 Å². The van der Waals surface area contributed by atoms with Crippen molar-refractivity contribution >= 4 is 17.3 Å². The normalized spacial score (nSPS) is 10.1. The summed E-state index contributed by atoms with van der Waals surface area (Å²) in [4.78, 5) is 22.4. The predicted octanol–water partition coefficient (Wildman–Crippen LogP) is 3.18. The van der Waals surface area contributed by atoms with Crippen molar-refractivity contribution < 1.29 is 19.2 Å². The van der Waals surface area contributed by atoms with E-state index in [-0.39, 0.29) is 18.0 Å². The summed E-state index contributed by atoms with van der Waals surface area (Å²) in [6.45, 7) is 1.71. The van der Waals surface area contributed by atoms with E-state index in [1.54, 1.807) is 12.1 Å². The molecule has 7 nitrogen and oxygen atoms in total. The van der Waals surface area contributed by atoms with Crippen LogP contribution in [0.1, 0.15) is 12.5 Å². The van der Waals surface area contributed by atoms with Crippen LogP contribution < -0.4 is 14.8 Å². The monoisotopic (exact) mass is 330 g/mol. The van der Waals surface area contributed by atoms with Gasteiger partial charge >= 0.3 is 5.69 Å². The summed E-state index contributed by atoms with van der Waals surface area (Å²) in [7, 11) is 1.41. The number of rotatable bonds is 7. The summed E-state index contributed by atoms with van der Waals surface area (Å²) in [6.07, 6.45) is 0.915. The summed E-state index contributed by atoms with van der Waals surface area (Å²) in [6, 6.07) is 11.6. The molecular weight excluding hydrogens is 312 g/mol. The second-order valence-electron chi connectivity index (χ2n) is 4.98. The molecule has 0 aromatic heterocycles. The van der Waals surface area contributed by atoms with E-state index in [1.165, 1.54) is 25.3 Å². The Morgan fingerprint density at radius 3 is 2.50 bits per heavy atom. The van der Waals surface area contributed by atoms with Gasteiger partial charge in [0, 0.05) is 5.69 Å². The lowest BCUT2D eigenvalue weighted by Crippen LogP contribution is -2.20. The van der Waals surface area contributed by atoms with Gasteiger partial charge in [-0.2, -0.15) is 0 Å². The van der Waals surface area contributed by atoms with Crippen LogP contribution in [-0.4, -0.2) is 24.5 Å². The molecular formula is C17H18N2O5. The number of ether oxygens (including phenoxy) is 2. The van der Waals surface area contributed by atoms with Crippen LogP contribution in [0, 0.1) is 10.1 Å². The minimum atomic E-state index is -0.584. The van der Waals surface area contributed by atoms with Gasteiger partial charge in [0.15, 0.2) is 12.4 Å². The van der Waals surface area contributed by atoms with Crippen molar-refractivity contribution in [3.8, 4) is 11.5 Å². The van der Waals surface area contributed by atoms with Gasteiger partial charge in [-0.1, -0.05) is 19.1 Å². The number of nitro groups is 1. The topological polar surface area (TPSA) is 90.7 Å². The van der Waals surface area contributed by atoms with Gasteiger partial charge in [0.2, 0.25) is 0 Å². The van der Waals surface area contributed by atoms with Crippen molar-refractivity contribution in [3.63, 3.8) is 0 Å². The number of anilines is 1. The third kappa shape index (κ3) is 4.45. The van der Waals surface area contributed by atoms with E-state index >= 15 is 0 Å². The number of aryl methyl sites for hydroxylation is 1. The van der Waals surface area contributed by atoms with Crippen molar-refractivity contribution in [1.82, 2.24) is 0 Å². The molecule has 1 N–H and O–H groups in total. The van der Waals surface area contributed by atoms with E-state index in [0.717, 1.165) is 12.0 Å². The molecule has 1 amide bonds. The van der Waals surface area contributed by atoms with Crippen LogP contribution in [0.4, 0.5) is 11.4 Å². The molecule has 2 rings (SSSR count). The Kier molecular flexibility index (Phi) is 5.73. The number of nitro benzene ring substituents is 1. The maximum absolute atomic E-state index is 11.9. The van der Waals surface area contributed by atoms with Crippen molar-refractivity contribution in [2.75, 3.05) is 19.0 Å². The second kappa shape index (κ2) is 7.96. The Bertz CT molecular complexity index is 728. The minimum Gasteiger partial charge on any atom is -0.496 e. The average Bonchev–Trinajstić information content (AvgIpc) is 2.60. The summed E-state index contributed by atoms with van der Waals surface area (Å²) < 4.78 is 10.2. The van der Waals surface area contributed by atoms with Crippen molar-refractivity contribution in [2.24, 2.45) is 0 Å². The number of nitrogens with one attached hydrogen (secondary N) is 1. The van der Waals surface area contributed by atoms with E-state index in [4.69, 9.17) is 9.47 Å². The van der Waals surface area contributed by atoms with E-state index in [1.807, 2.05) is 19.1 Å². The van der Waals surface area contributed by atoms with Crippen LogP contribution >= 0.6 is 0 Å². The molecule has 24 heavy (non-hydrogen) atoms. The van der Waals surface area contributed by atoms with E-state index < -0.39 is 10.8 Å². The Morgan fingerprint density at radius 2 is 1.92 bits per heavy atom. The fourth-order valence-corrected chi connectivity index (χ4v) is 2.05. The van der Waals surface area contributed by atoms with Gasteiger partial charge in [-0.3, -0.25) is 14.9 Å². The van der Waals surface area contributed by atoms with Gasteiger partial charge in [0.1, 0.15) is 5.75 Å². The van der Waals surface area contributed by atoms with E-state index in [2.05, 4.69) is 5.32 Å². The maximum Gasteiger partial charge on any atom is 0.314 e. The van der Waals surface area contributed by atoms with Crippen molar-refractivity contribution in [1.29, 1.82) is 0 Å². The van der Waals surface area contributed by atoms with Crippen LogP contribution in [0.5, 0.6) is 11.5 Å². The first-order valence-corrected chi connectivity index (χ1v) is 7.37. The van der Waals surface area contributed by atoms with Crippen molar-refractivity contribution in [2.45, 2.75) is 13.3 Å². The van der Waals surface area contributed by atoms with Crippen LogP contribution in [0.25, 0.3) is 0 Å². The first-order chi connectivity index (χ1) is 11.5. The fourth-order valence-electron chi connectivity index (χ4n) is 2.05. The van der Waals surface area contributed by atoms with Crippen molar-refractivity contribution in [3.05, 3.63) is 58.1 Å². The number of carbonyl (C=O) groups is 1. The summed E-state index contributed by atoms with van der Waals surface area (Å²) in [5.74, 6) is -0.0452. The smallest absolute Gasteiger partial charge is 0.314 e. The molecule has 0 unspecified atom stereocenters. The summed E-state index contributed by atoms with van der Waals surface area (Å²) in [5, 5.41) is 13.7. The SMILES string of the molecule is CCc1ccc(NC(=O)COc2ccc(OC)cc2[N+](=O)[O-])cc1. The third-order valence-electron chi connectivity index (χ3n) is 3.37. The van der Waals surface area contributed by atoms with Gasteiger partial charge in [0.05, 0.1) is 18.1 Å². The molecule has 126 valence electrons. The molecule has 0 radical (unpaired) electrons. The fraction of sp³-hybridized carbons (Fsp3) is 0.235. The summed E-state index contributed by atoms with van der Waals surface area (Å²) >= 11 is 0. The molecule has 0 aliphatic heterocycles. The molecule has 0 aliphatic rings. The molecule has 0 atom stereocenters. The molecule has 0 saturated heterocycles. The number of methoxy groups -OCH3 is 1. The highest BCUT2D eigenvalue weighted by molar-refractivity contribution is 5.91. The minimum absolute atomic E-state index is 0.0114. The molecule has 0 aliphatic carbocycles. The standard InChI is InChI=1S/C17H18N2O5/c1-3-12-4-6-13(7-5-12)18-17(20)11-24-16-9-8-14(23-2)10-15(16)19(21)22/h4-10H,3,11H2,1-2H3,(H,18,20). The highest BCUT2D eigenvalue weighted by atomic mass is 16.6. The lowest BCUT2D eigenvalue weighted by atomic mass is 10.1. The molecule has 0 bridgehead atoms. The number of benzene rings is 2. The van der Waals surface area contributed by atoms with Gasteiger partial charge in [-0.15, -0.1) is 0 Å². The lowest BCUT2D eigenvalue weighted by Gasteiger charge is -2.09. The molecule has 7 heteroatoms. The van der Waals surface area contributed by atoms with Gasteiger partial charge in [-0.05, 0) is 36.2 Å². The van der Waals surface area contributed by atoms with Crippen LogP contribution in [0.2, 0.25) is 0 Å². The molecule has 2 aromatic carbocycles. The molecule has 0 saturated carbocycles. The zero-order valence-corrected chi connectivity index (χ0v) is 13.4. The Hall–Kier alpha value is -3.09. The molecule has 0 fully saturated rings. The first kappa shape index (κ1) is 17.3. The zero-order valence-electron chi connectivity index (χ0n) is 13.4. The number of hydrogen-bond acceptors (Lipinski definition) is 5. The largest absolute Gasteiger partial charge is 0.496 e.